The van der Waals surface area contributed by atoms with Gasteiger partial charge in [-0.1, -0.05) is 44.5 Å². The zero-order valence-electron chi connectivity index (χ0n) is 22.8. The largest absolute Gasteiger partial charge is 0.494 e. The Balaban J connectivity index is 1.60. The van der Waals surface area contributed by atoms with Gasteiger partial charge in [0.1, 0.15) is 11.8 Å². The Kier molecular flexibility index (Phi) is 7.14. The van der Waals surface area contributed by atoms with E-state index in [-0.39, 0.29) is 18.0 Å². The van der Waals surface area contributed by atoms with Gasteiger partial charge in [0.2, 0.25) is 5.91 Å². The van der Waals surface area contributed by atoms with E-state index in [9.17, 15) is 4.79 Å². The van der Waals surface area contributed by atoms with E-state index in [1.165, 1.54) is 5.56 Å². The van der Waals surface area contributed by atoms with Gasteiger partial charge in [0.05, 0.1) is 24.5 Å². The molecule has 4 aromatic rings. The van der Waals surface area contributed by atoms with E-state index in [0.29, 0.717) is 16.5 Å². The number of ether oxygens (including phenoxy) is 1. The van der Waals surface area contributed by atoms with Gasteiger partial charge < -0.3 is 24.8 Å². The number of aryl methyl sites for hydroxylation is 1. The fraction of sp³-hybridized carbons (Fsp3) is 0.258. The number of pyridine rings is 1. The fourth-order valence-electron chi connectivity index (χ4n) is 4.75. The number of aromatic nitrogens is 2. The van der Waals surface area contributed by atoms with E-state index in [1.807, 2.05) is 57.2 Å². The van der Waals surface area contributed by atoms with E-state index >= 15 is 0 Å². The maximum absolute atomic E-state index is 12.7. The van der Waals surface area contributed by atoms with Gasteiger partial charge in [0.25, 0.3) is 0 Å². The summed E-state index contributed by atoms with van der Waals surface area (Å²) < 4.78 is 7.91. The van der Waals surface area contributed by atoms with Crippen LogP contribution in [0.4, 0.5) is 11.4 Å². The SMILES string of the molecule is COc1cc(N2C(=S)N[C@H](c3ccccn3)[C@H]2c2cccn2-c2ccc(C)cc2)ccc1NC(=O)C(C)(C)C. The van der Waals surface area contributed by atoms with Crippen LogP contribution in [0.15, 0.2) is 85.2 Å². The summed E-state index contributed by atoms with van der Waals surface area (Å²) in [5.41, 5.74) is 5.15. The number of benzene rings is 2. The predicted molar refractivity (Wildman–Crippen MR) is 160 cm³/mol. The highest BCUT2D eigenvalue weighted by Gasteiger charge is 2.42. The van der Waals surface area contributed by atoms with Crippen molar-refractivity contribution in [1.29, 1.82) is 0 Å². The highest BCUT2D eigenvalue weighted by Crippen LogP contribution is 2.44. The second-order valence-electron chi connectivity index (χ2n) is 10.7. The first-order chi connectivity index (χ1) is 18.7. The molecule has 2 atom stereocenters. The quantitative estimate of drug-likeness (QED) is 0.278. The first kappa shape index (κ1) is 26.4. The molecule has 2 aromatic heterocycles. The molecule has 1 aliphatic heterocycles. The minimum Gasteiger partial charge on any atom is -0.494 e. The van der Waals surface area contributed by atoms with Crippen LogP contribution in [0.3, 0.4) is 0 Å². The molecule has 2 aromatic carbocycles. The highest BCUT2D eigenvalue weighted by molar-refractivity contribution is 7.80. The normalized spacial score (nSPS) is 17.2. The van der Waals surface area contributed by atoms with Crippen molar-refractivity contribution in [2.45, 2.75) is 39.8 Å². The third-order valence-corrected chi connectivity index (χ3v) is 7.20. The van der Waals surface area contributed by atoms with Crippen molar-refractivity contribution < 1.29 is 9.53 Å². The van der Waals surface area contributed by atoms with Crippen molar-refractivity contribution in [2.75, 3.05) is 17.3 Å². The molecular formula is C31H33N5O2S. The summed E-state index contributed by atoms with van der Waals surface area (Å²) in [5.74, 6) is 0.470. The Morgan fingerprint density at radius 1 is 1.03 bits per heavy atom. The smallest absolute Gasteiger partial charge is 0.229 e. The molecule has 1 fully saturated rings. The number of anilines is 2. The molecule has 3 heterocycles. The molecule has 5 rings (SSSR count). The number of thiocarbonyl (C=S) groups is 1. The minimum absolute atomic E-state index is 0.0871. The summed E-state index contributed by atoms with van der Waals surface area (Å²) >= 11 is 5.93. The first-order valence-corrected chi connectivity index (χ1v) is 13.3. The van der Waals surface area contributed by atoms with E-state index in [4.69, 9.17) is 17.0 Å². The molecule has 0 saturated carbocycles. The Bertz CT molecular complexity index is 1490. The number of carbonyl (C=O) groups is 1. The molecule has 0 radical (unpaired) electrons. The van der Waals surface area contributed by atoms with Crippen molar-refractivity contribution in [3.63, 3.8) is 0 Å². The summed E-state index contributed by atoms with van der Waals surface area (Å²) in [6, 6.07) is 23.9. The number of hydrogen-bond acceptors (Lipinski definition) is 4. The second-order valence-corrected chi connectivity index (χ2v) is 11.1. The van der Waals surface area contributed by atoms with Gasteiger partial charge in [-0.05, 0) is 67.7 Å². The lowest BCUT2D eigenvalue weighted by atomic mass is 9.95. The summed E-state index contributed by atoms with van der Waals surface area (Å²) in [6.45, 7) is 7.72. The average Bonchev–Trinajstić information content (AvgIpc) is 3.53. The Labute approximate surface area is 234 Å². The third-order valence-electron chi connectivity index (χ3n) is 6.89. The summed E-state index contributed by atoms with van der Waals surface area (Å²) in [6.07, 6.45) is 3.87. The molecular weight excluding hydrogens is 506 g/mol. The summed E-state index contributed by atoms with van der Waals surface area (Å²) in [7, 11) is 1.60. The predicted octanol–water partition coefficient (Wildman–Crippen LogP) is 6.35. The molecule has 1 amide bonds. The number of rotatable bonds is 6. The standard InChI is InChI=1S/C31H33N5O2S/c1-20-11-13-21(14-12-20)35-18-8-10-25(35)28-27(24-9-6-7-17-32-24)34-30(39)36(28)22-15-16-23(26(19-22)38-5)33-29(37)31(2,3)4/h6-19,27-28H,1-5H3,(H,33,37)(H,34,39)/t27-,28-/m1/s1. The van der Waals surface area contributed by atoms with Crippen molar-refractivity contribution in [1.82, 2.24) is 14.9 Å². The topological polar surface area (TPSA) is 71.4 Å². The molecule has 8 heteroatoms. The zero-order valence-corrected chi connectivity index (χ0v) is 23.6. The Morgan fingerprint density at radius 3 is 2.44 bits per heavy atom. The van der Waals surface area contributed by atoms with Gasteiger partial charge in [-0.3, -0.25) is 9.78 Å². The molecule has 0 aliphatic carbocycles. The fourth-order valence-corrected chi connectivity index (χ4v) is 5.10. The molecule has 1 aliphatic rings. The monoisotopic (exact) mass is 539 g/mol. The van der Waals surface area contributed by atoms with Crippen LogP contribution in [-0.4, -0.2) is 27.7 Å². The molecule has 1 saturated heterocycles. The molecule has 39 heavy (non-hydrogen) atoms. The number of carbonyl (C=O) groups excluding carboxylic acids is 1. The van der Waals surface area contributed by atoms with Crippen LogP contribution in [0, 0.1) is 12.3 Å². The molecule has 7 nitrogen and oxygen atoms in total. The van der Waals surface area contributed by atoms with Gasteiger partial charge in [-0.25, -0.2) is 0 Å². The lowest BCUT2D eigenvalue weighted by molar-refractivity contribution is -0.123. The van der Waals surface area contributed by atoms with Crippen LogP contribution in [0.1, 0.15) is 49.8 Å². The molecule has 200 valence electrons. The summed E-state index contributed by atoms with van der Waals surface area (Å²) in [4.78, 5) is 19.5. The van der Waals surface area contributed by atoms with Crippen molar-refractivity contribution in [3.8, 4) is 11.4 Å². The van der Waals surface area contributed by atoms with Gasteiger partial charge in [-0.2, -0.15) is 0 Å². The third kappa shape index (κ3) is 5.25. The Morgan fingerprint density at radius 2 is 1.77 bits per heavy atom. The van der Waals surface area contributed by atoms with Crippen LogP contribution in [-0.2, 0) is 4.79 Å². The molecule has 0 bridgehead atoms. The molecule has 0 unspecified atom stereocenters. The van der Waals surface area contributed by atoms with Crippen LogP contribution in [0.5, 0.6) is 5.75 Å². The lowest BCUT2D eigenvalue weighted by Gasteiger charge is -2.29. The van der Waals surface area contributed by atoms with Gasteiger partial charge in [0, 0.05) is 40.9 Å². The number of methoxy groups -OCH3 is 1. The van der Waals surface area contributed by atoms with Crippen molar-refractivity contribution >= 4 is 34.6 Å². The van der Waals surface area contributed by atoms with Gasteiger partial charge in [-0.15, -0.1) is 0 Å². The average molecular weight is 540 g/mol. The van der Waals surface area contributed by atoms with Crippen molar-refractivity contribution in [3.05, 3.63) is 102 Å². The maximum Gasteiger partial charge on any atom is 0.229 e. The van der Waals surface area contributed by atoms with Crippen LogP contribution in [0.2, 0.25) is 0 Å². The number of hydrogen-bond donors (Lipinski definition) is 2. The van der Waals surface area contributed by atoms with Gasteiger partial charge >= 0.3 is 0 Å². The van der Waals surface area contributed by atoms with Crippen molar-refractivity contribution in [2.24, 2.45) is 5.41 Å². The first-order valence-electron chi connectivity index (χ1n) is 12.9. The molecule has 0 spiro atoms. The van der Waals surface area contributed by atoms with Crippen LogP contribution >= 0.6 is 12.2 Å². The van der Waals surface area contributed by atoms with E-state index in [0.717, 1.165) is 22.8 Å². The maximum atomic E-state index is 12.7. The molecule has 2 N–H and O–H groups in total. The van der Waals surface area contributed by atoms with Crippen LogP contribution < -0.4 is 20.3 Å². The number of nitrogens with one attached hydrogen (secondary N) is 2. The van der Waals surface area contributed by atoms with E-state index in [1.54, 1.807) is 13.3 Å². The lowest BCUT2D eigenvalue weighted by Crippen LogP contribution is -2.30. The Hall–Kier alpha value is -4.17. The summed E-state index contributed by atoms with van der Waals surface area (Å²) in [5, 5.41) is 7.10. The van der Waals surface area contributed by atoms with E-state index in [2.05, 4.69) is 74.6 Å². The number of amides is 1. The minimum atomic E-state index is -0.535. The zero-order chi connectivity index (χ0) is 27.7. The van der Waals surface area contributed by atoms with E-state index < -0.39 is 5.41 Å². The van der Waals surface area contributed by atoms with Gasteiger partial charge in [0.15, 0.2) is 5.11 Å². The number of nitrogens with zero attached hydrogens (tertiary/aromatic N) is 3. The van der Waals surface area contributed by atoms with Crippen LogP contribution in [0.25, 0.3) is 5.69 Å². The second kappa shape index (κ2) is 10.5. The highest BCUT2D eigenvalue weighted by atomic mass is 32.1.